The summed E-state index contributed by atoms with van der Waals surface area (Å²) >= 11 is 0. The number of ether oxygens (including phenoxy) is 2. The van der Waals surface area contributed by atoms with Gasteiger partial charge in [0, 0.05) is 11.1 Å². The molecule has 1 aliphatic rings. The van der Waals surface area contributed by atoms with Crippen LogP contribution in [0, 0.1) is 0 Å². The fourth-order valence-corrected chi connectivity index (χ4v) is 1.37. The van der Waals surface area contributed by atoms with Crippen molar-refractivity contribution in [3.8, 4) is 0 Å². The zero-order valence-corrected chi connectivity index (χ0v) is 7.10. The average Bonchev–Trinajstić information content (AvgIpc) is 2.70. The smallest absolute Gasteiger partial charge is 0.184 e. The quantitative estimate of drug-likeness (QED) is 0.644. The van der Waals surface area contributed by atoms with Gasteiger partial charge >= 0.3 is 0 Å². The van der Waals surface area contributed by atoms with Gasteiger partial charge in [-0.3, -0.25) is 4.79 Å². The monoisotopic (exact) mass is 178 g/mol. The van der Waals surface area contributed by atoms with Crippen LogP contribution in [-0.4, -0.2) is 19.5 Å². The largest absolute Gasteiger partial charge is 0.346 e. The molecule has 3 nitrogen and oxygen atoms in total. The van der Waals surface area contributed by atoms with Gasteiger partial charge in [-0.1, -0.05) is 24.3 Å². The fraction of sp³-hybridized carbons (Fsp3) is 0.300. The summed E-state index contributed by atoms with van der Waals surface area (Å²) in [7, 11) is 0. The maximum atomic E-state index is 10.7. The molecule has 0 atom stereocenters. The second-order valence-corrected chi connectivity index (χ2v) is 2.82. The molecule has 1 heterocycles. The Hall–Kier alpha value is -1.19. The van der Waals surface area contributed by atoms with Crippen LogP contribution in [0.5, 0.6) is 0 Å². The Kier molecular flexibility index (Phi) is 2.38. The first-order valence-electron chi connectivity index (χ1n) is 4.19. The van der Waals surface area contributed by atoms with E-state index in [1.165, 1.54) is 0 Å². The van der Waals surface area contributed by atoms with Crippen molar-refractivity contribution in [3.63, 3.8) is 0 Å². The molecule has 1 fully saturated rings. The van der Waals surface area contributed by atoms with E-state index in [4.69, 9.17) is 9.47 Å². The Morgan fingerprint density at radius 1 is 1.23 bits per heavy atom. The molecule has 0 spiro atoms. The van der Waals surface area contributed by atoms with E-state index in [-0.39, 0.29) is 6.29 Å². The lowest BCUT2D eigenvalue weighted by Gasteiger charge is -2.10. The third-order valence-electron chi connectivity index (χ3n) is 2.00. The van der Waals surface area contributed by atoms with E-state index in [0.717, 1.165) is 11.8 Å². The summed E-state index contributed by atoms with van der Waals surface area (Å²) in [6.45, 7) is 1.19. The molecular formula is C10H10O3. The topological polar surface area (TPSA) is 35.5 Å². The van der Waals surface area contributed by atoms with Gasteiger partial charge < -0.3 is 9.47 Å². The summed E-state index contributed by atoms with van der Waals surface area (Å²) in [5.41, 5.74) is 1.45. The summed E-state index contributed by atoms with van der Waals surface area (Å²) in [4.78, 5) is 10.7. The number of carbonyl (C=O) groups excluding carboxylic acids is 1. The molecule has 0 amide bonds. The van der Waals surface area contributed by atoms with Crippen LogP contribution in [0.3, 0.4) is 0 Å². The molecule has 0 radical (unpaired) electrons. The molecule has 0 aliphatic carbocycles. The summed E-state index contributed by atoms with van der Waals surface area (Å²) in [5, 5.41) is 0. The fourth-order valence-electron chi connectivity index (χ4n) is 1.37. The number of benzene rings is 1. The Labute approximate surface area is 76.3 Å². The predicted molar refractivity (Wildman–Crippen MR) is 46.5 cm³/mol. The second-order valence-electron chi connectivity index (χ2n) is 2.82. The van der Waals surface area contributed by atoms with Gasteiger partial charge in [0.1, 0.15) is 0 Å². The number of aldehydes is 1. The van der Waals surface area contributed by atoms with Crippen molar-refractivity contribution in [2.24, 2.45) is 0 Å². The van der Waals surface area contributed by atoms with Crippen molar-refractivity contribution in [2.75, 3.05) is 13.2 Å². The van der Waals surface area contributed by atoms with E-state index >= 15 is 0 Å². The van der Waals surface area contributed by atoms with Crippen LogP contribution < -0.4 is 0 Å². The van der Waals surface area contributed by atoms with Crippen molar-refractivity contribution in [2.45, 2.75) is 6.29 Å². The third kappa shape index (κ3) is 1.61. The van der Waals surface area contributed by atoms with Crippen molar-refractivity contribution in [1.82, 2.24) is 0 Å². The van der Waals surface area contributed by atoms with E-state index in [1.54, 1.807) is 6.07 Å². The molecular weight excluding hydrogens is 168 g/mol. The zero-order chi connectivity index (χ0) is 9.10. The first-order valence-corrected chi connectivity index (χ1v) is 4.19. The normalized spacial score (nSPS) is 17.5. The van der Waals surface area contributed by atoms with Gasteiger partial charge in [0.2, 0.25) is 0 Å². The molecule has 0 bridgehead atoms. The highest BCUT2D eigenvalue weighted by molar-refractivity contribution is 5.77. The standard InChI is InChI=1S/C10H10O3/c11-7-8-3-1-2-4-9(8)10-12-5-6-13-10/h1-4,7,10H,5-6H2. The zero-order valence-electron chi connectivity index (χ0n) is 7.10. The number of carbonyl (C=O) groups is 1. The van der Waals surface area contributed by atoms with Crippen LogP contribution in [0.25, 0.3) is 0 Å². The third-order valence-corrected chi connectivity index (χ3v) is 2.00. The highest BCUT2D eigenvalue weighted by Crippen LogP contribution is 2.25. The lowest BCUT2D eigenvalue weighted by Crippen LogP contribution is -2.01. The molecule has 0 unspecified atom stereocenters. The van der Waals surface area contributed by atoms with E-state index in [1.807, 2.05) is 18.2 Å². The van der Waals surface area contributed by atoms with Crippen molar-refractivity contribution >= 4 is 6.29 Å². The molecule has 68 valence electrons. The van der Waals surface area contributed by atoms with Crippen molar-refractivity contribution in [3.05, 3.63) is 35.4 Å². The first kappa shape index (κ1) is 8.41. The number of rotatable bonds is 2. The minimum atomic E-state index is -0.360. The van der Waals surface area contributed by atoms with Gasteiger partial charge in [0.25, 0.3) is 0 Å². The second kappa shape index (κ2) is 3.68. The van der Waals surface area contributed by atoms with Crippen LogP contribution >= 0.6 is 0 Å². The Morgan fingerprint density at radius 3 is 2.62 bits per heavy atom. The Bertz CT molecular complexity index is 303. The molecule has 1 aromatic carbocycles. The Morgan fingerprint density at radius 2 is 1.92 bits per heavy atom. The van der Waals surface area contributed by atoms with Gasteiger partial charge in [-0.25, -0.2) is 0 Å². The molecule has 0 N–H and O–H groups in total. The van der Waals surface area contributed by atoms with Crippen LogP contribution in [-0.2, 0) is 9.47 Å². The average molecular weight is 178 g/mol. The molecule has 1 aliphatic heterocycles. The lowest BCUT2D eigenvalue weighted by molar-refractivity contribution is -0.0444. The number of hydrogen-bond acceptors (Lipinski definition) is 3. The molecule has 2 rings (SSSR count). The minimum Gasteiger partial charge on any atom is -0.346 e. The van der Waals surface area contributed by atoms with Gasteiger partial charge in [0.15, 0.2) is 12.6 Å². The van der Waals surface area contributed by atoms with E-state index in [9.17, 15) is 4.79 Å². The molecule has 13 heavy (non-hydrogen) atoms. The van der Waals surface area contributed by atoms with Gasteiger partial charge in [-0.15, -0.1) is 0 Å². The van der Waals surface area contributed by atoms with Crippen LogP contribution in [0.2, 0.25) is 0 Å². The van der Waals surface area contributed by atoms with Gasteiger partial charge in [-0.2, -0.15) is 0 Å². The van der Waals surface area contributed by atoms with Crippen LogP contribution in [0.15, 0.2) is 24.3 Å². The van der Waals surface area contributed by atoms with Crippen LogP contribution in [0.4, 0.5) is 0 Å². The van der Waals surface area contributed by atoms with Crippen molar-refractivity contribution < 1.29 is 14.3 Å². The van der Waals surface area contributed by atoms with Crippen molar-refractivity contribution in [1.29, 1.82) is 0 Å². The van der Waals surface area contributed by atoms with E-state index in [0.29, 0.717) is 18.8 Å². The lowest BCUT2D eigenvalue weighted by atomic mass is 10.1. The SMILES string of the molecule is O=Cc1ccccc1C1OCCO1. The summed E-state index contributed by atoms with van der Waals surface area (Å²) < 4.78 is 10.6. The molecule has 0 aromatic heterocycles. The van der Waals surface area contributed by atoms with Crippen LogP contribution in [0.1, 0.15) is 22.2 Å². The first-order chi connectivity index (χ1) is 6.42. The highest BCUT2D eigenvalue weighted by Gasteiger charge is 2.20. The molecule has 3 heteroatoms. The summed E-state index contributed by atoms with van der Waals surface area (Å²) in [6.07, 6.45) is 0.460. The number of hydrogen-bond donors (Lipinski definition) is 0. The Balaban J connectivity index is 2.31. The van der Waals surface area contributed by atoms with E-state index in [2.05, 4.69) is 0 Å². The van der Waals surface area contributed by atoms with E-state index < -0.39 is 0 Å². The minimum absolute atomic E-state index is 0.360. The molecule has 1 aromatic rings. The summed E-state index contributed by atoms with van der Waals surface area (Å²) in [6, 6.07) is 7.29. The molecule has 0 saturated carbocycles. The van der Waals surface area contributed by atoms with Gasteiger partial charge in [-0.05, 0) is 0 Å². The maximum Gasteiger partial charge on any atom is 0.184 e. The molecule has 1 saturated heterocycles. The van der Waals surface area contributed by atoms with Gasteiger partial charge in [0.05, 0.1) is 13.2 Å². The maximum absolute atomic E-state index is 10.7. The highest BCUT2D eigenvalue weighted by atomic mass is 16.7. The summed E-state index contributed by atoms with van der Waals surface area (Å²) in [5.74, 6) is 0. The predicted octanol–water partition coefficient (Wildman–Crippen LogP) is 1.54.